The highest BCUT2D eigenvalue weighted by molar-refractivity contribution is 7.87. The molecule has 2 heterocycles. The van der Waals surface area contributed by atoms with E-state index < -0.39 is 21.5 Å². The molecule has 1 fully saturated rings. The first kappa shape index (κ1) is 17.7. The number of hydrogen-bond donors (Lipinski definition) is 1. The Labute approximate surface area is 132 Å². The van der Waals surface area contributed by atoms with Crippen LogP contribution in [0, 0.1) is 5.92 Å². The Balaban J connectivity index is 2.07. The summed E-state index contributed by atoms with van der Waals surface area (Å²) in [7, 11) is -4.04. The number of anilines is 1. The maximum absolute atomic E-state index is 12.3. The van der Waals surface area contributed by atoms with Crippen LogP contribution in [0.3, 0.4) is 0 Å². The van der Waals surface area contributed by atoms with E-state index in [0.717, 1.165) is 38.2 Å². The van der Waals surface area contributed by atoms with Crippen LogP contribution in [0.4, 0.5) is 19.1 Å². The number of piperidine rings is 1. The quantitative estimate of drug-likeness (QED) is 0.627. The zero-order chi connectivity index (χ0) is 17.1. The van der Waals surface area contributed by atoms with Crippen molar-refractivity contribution in [1.29, 1.82) is 0 Å². The van der Waals surface area contributed by atoms with E-state index in [2.05, 4.69) is 19.5 Å². The van der Waals surface area contributed by atoms with Gasteiger partial charge in [-0.2, -0.15) is 26.6 Å². The molecule has 7 nitrogen and oxygen atoms in total. The predicted molar refractivity (Wildman–Crippen MR) is 76.5 cm³/mol. The molecule has 1 N–H and O–H groups in total. The molecule has 11 heteroatoms. The molecule has 1 saturated heterocycles. The van der Waals surface area contributed by atoms with Crippen molar-refractivity contribution in [2.75, 3.05) is 31.6 Å². The monoisotopic (exact) mass is 354 g/mol. The summed E-state index contributed by atoms with van der Waals surface area (Å²) >= 11 is 0. The summed E-state index contributed by atoms with van der Waals surface area (Å²) in [5.41, 5.74) is -5.50. The third kappa shape index (κ3) is 4.67. The van der Waals surface area contributed by atoms with Gasteiger partial charge in [-0.05, 0) is 31.8 Å². The number of hydrogen-bond acceptors (Lipinski definition) is 7. The highest BCUT2D eigenvalue weighted by Gasteiger charge is 2.48. The van der Waals surface area contributed by atoms with E-state index in [4.69, 9.17) is 0 Å². The number of alkyl halides is 3. The zero-order valence-electron chi connectivity index (χ0n) is 12.4. The summed E-state index contributed by atoms with van der Waals surface area (Å²) in [4.78, 5) is 9.34. The van der Waals surface area contributed by atoms with Gasteiger partial charge < -0.3 is 14.4 Å². The topological polar surface area (TPSA) is 84.4 Å². The van der Waals surface area contributed by atoms with Crippen LogP contribution < -0.4 is 14.4 Å². The molecule has 1 aliphatic heterocycles. The molecule has 0 amide bonds. The van der Waals surface area contributed by atoms with Crippen molar-refractivity contribution in [2.24, 2.45) is 5.92 Å². The highest BCUT2D eigenvalue weighted by atomic mass is 32.2. The van der Waals surface area contributed by atoms with E-state index in [-0.39, 0.29) is 5.95 Å². The average molecular weight is 354 g/mol. The molecule has 0 bridgehead atoms. The molecule has 0 saturated carbocycles. The van der Waals surface area contributed by atoms with Crippen LogP contribution in [0.15, 0.2) is 12.3 Å². The van der Waals surface area contributed by atoms with E-state index >= 15 is 0 Å². The molecule has 0 aromatic carbocycles. The predicted octanol–water partition coefficient (Wildman–Crippen LogP) is 1.14. The van der Waals surface area contributed by atoms with Crippen molar-refractivity contribution in [3.63, 3.8) is 0 Å². The fraction of sp³-hybridized carbons (Fsp3) is 0.667. The largest absolute Gasteiger partial charge is 0.534 e. The molecule has 0 spiro atoms. The first-order valence-electron chi connectivity index (χ1n) is 6.95. The molecule has 1 aliphatic rings. The molecule has 0 radical (unpaired) electrons. The van der Waals surface area contributed by atoms with E-state index in [0.29, 0.717) is 12.5 Å². The molecule has 0 atom stereocenters. The fourth-order valence-electron chi connectivity index (χ4n) is 2.26. The Morgan fingerprint density at radius 3 is 2.65 bits per heavy atom. The van der Waals surface area contributed by atoms with Gasteiger partial charge in [0.05, 0.1) is 0 Å². The van der Waals surface area contributed by atoms with Gasteiger partial charge in [0.25, 0.3) is 0 Å². The Morgan fingerprint density at radius 1 is 1.39 bits per heavy atom. The van der Waals surface area contributed by atoms with Gasteiger partial charge in [-0.3, -0.25) is 0 Å². The van der Waals surface area contributed by atoms with E-state index in [1.165, 1.54) is 0 Å². The molecule has 23 heavy (non-hydrogen) atoms. The summed E-state index contributed by atoms with van der Waals surface area (Å²) in [6.45, 7) is 2.44. The van der Waals surface area contributed by atoms with Gasteiger partial charge in [0.2, 0.25) is 11.8 Å². The first-order chi connectivity index (χ1) is 10.7. The van der Waals surface area contributed by atoms with Crippen molar-refractivity contribution in [3.8, 4) is 5.88 Å². The van der Waals surface area contributed by atoms with Crippen molar-refractivity contribution in [1.82, 2.24) is 15.3 Å². The molecule has 0 unspecified atom stereocenters. The van der Waals surface area contributed by atoms with E-state index in [9.17, 15) is 21.6 Å². The zero-order valence-corrected chi connectivity index (χ0v) is 13.2. The van der Waals surface area contributed by atoms with Crippen molar-refractivity contribution >= 4 is 16.1 Å². The molecule has 1 aromatic rings. The number of nitrogens with zero attached hydrogens (tertiary/aromatic N) is 3. The maximum Gasteiger partial charge on any atom is 0.534 e. The lowest BCUT2D eigenvalue weighted by atomic mass is 9.98. The fourth-order valence-corrected chi connectivity index (χ4v) is 2.67. The lowest BCUT2D eigenvalue weighted by Gasteiger charge is -2.27. The molecule has 1 aromatic heterocycles. The summed E-state index contributed by atoms with van der Waals surface area (Å²) in [5.74, 6) is -0.142. The van der Waals surface area contributed by atoms with Crippen LogP contribution in [-0.2, 0) is 10.1 Å². The number of aromatic nitrogens is 2. The minimum atomic E-state index is -5.74. The van der Waals surface area contributed by atoms with Crippen LogP contribution in [-0.4, -0.2) is 50.6 Å². The maximum atomic E-state index is 12.3. The number of rotatable bonds is 5. The second kappa shape index (κ2) is 6.87. The standard InChI is InChI=1S/C12H17F3N4O3S/c1-19(8-9-2-5-16-6-3-9)11-17-7-4-10(18-11)22-23(20,21)12(13,14)15/h4,7,9,16H,2-3,5-6,8H2,1H3. The normalized spacial score (nSPS) is 17.0. The molecule has 2 rings (SSSR count). The van der Waals surface area contributed by atoms with E-state index in [1.54, 1.807) is 11.9 Å². The van der Waals surface area contributed by atoms with Crippen LogP contribution in [0.1, 0.15) is 12.8 Å². The van der Waals surface area contributed by atoms with Gasteiger partial charge >= 0.3 is 15.6 Å². The minimum Gasteiger partial charge on any atom is -0.355 e. The van der Waals surface area contributed by atoms with Crippen LogP contribution in [0.25, 0.3) is 0 Å². The number of halogens is 3. The molecule has 130 valence electrons. The Hall–Kier alpha value is -1.62. The minimum absolute atomic E-state index is 0.110. The average Bonchev–Trinajstić information content (AvgIpc) is 2.47. The number of nitrogens with one attached hydrogen (secondary N) is 1. The van der Waals surface area contributed by atoms with Crippen LogP contribution in [0.2, 0.25) is 0 Å². The van der Waals surface area contributed by atoms with Crippen LogP contribution >= 0.6 is 0 Å². The first-order valence-corrected chi connectivity index (χ1v) is 8.35. The van der Waals surface area contributed by atoms with Gasteiger partial charge in [0.1, 0.15) is 0 Å². The van der Waals surface area contributed by atoms with Gasteiger partial charge in [0.15, 0.2) is 0 Å². The third-order valence-corrected chi connectivity index (χ3v) is 4.39. The summed E-state index contributed by atoms with van der Waals surface area (Å²) in [5, 5.41) is 3.23. The third-order valence-electron chi connectivity index (χ3n) is 3.43. The highest BCUT2D eigenvalue weighted by Crippen LogP contribution is 2.26. The van der Waals surface area contributed by atoms with Crippen molar-refractivity contribution in [3.05, 3.63) is 12.3 Å². The Bertz CT molecular complexity index is 633. The lowest BCUT2D eigenvalue weighted by Crippen LogP contribution is -2.35. The van der Waals surface area contributed by atoms with Gasteiger partial charge in [-0.1, -0.05) is 0 Å². The van der Waals surface area contributed by atoms with Gasteiger partial charge in [-0.25, -0.2) is 4.98 Å². The van der Waals surface area contributed by atoms with Gasteiger partial charge in [-0.15, -0.1) is 0 Å². The Kier molecular flexibility index (Phi) is 5.30. The van der Waals surface area contributed by atoms with E-state index in [1.807, 2.05) is 0 Å². The molecular weight excluding hydrogens is 337 g/mol. The summed E-state index contributed by atoms with van der Waals surface area (Å²) in [6, 6.07) is 0.963. The summed E-state index contributed by atoms with van der Waals surface area (Å²) < 4.78 is 62.9. The SMILES string of the molecule is CN(CC1CCNCC1)c1nccc(OS(=O)(=O)C(F)(F)F)n1. The smallest absolute Gasteiger partial charge is 0.355 e. The van der Waals surface area contributed by atoms with Crippen LogP contribution in [0.5, 0.6) is 5.88 Å². The van der Waals surface area contributed by atoms with Crippen molar-refractivity contribution in [2.45, 2.75) is 18.3 Å². The lowest BCUT2D eigenvalue weighted by molar-refractivity contribution is -0.0501. The molecular formula is C12H17F3N4O3S. The van der Waals surface area contributed by atoms with Crippen molar-refractivity contribution < 1.29 is 25.8 Å². The summed E-state index contributed by atoms with van der Waals surface area (Å²) in [6.07, 6.45) is 3.11. The second-order valence-corrected chi connectivity index (χ2v) is 6.79. The second-order valence-electron chi connectivity index (χ2n) is 5.25. The molecule has 0 aliphatic carbocycles. The van der Waals surface area contributed by atoms with Gasteiger partial charge in [0, 0.05) is 25.9 Å². The Morgan fingerprint density at radius 2 is 2.04 bits per heavy atom.